The molecule has 4 nitrogen and oxygen atoms in total. The van der Waals surface area contributed by atoms with Crippen LogP contribution in [-0.2, 0) is 0 Å². The van der Waals surface area contributed by atoms with E-state index in [9.17, 15) is 14.0 Å². The van der Waals surface area contributed by atoms with Gasteiger partial charge >= 0.3 is 0 Å². The number of hydrogen-bond acceptors (Lipinski definition) is 2. The molecule has 0 spiro atoms. The fourth-order valence-electron chi connectivity index (χ4n) is 1.76. The molecule has 0 heterocycles. The Bertz CT molecular complexity index is 704. The summed E-state index contributed by atoms with van der Waals surface area (Å²) in [4.78, 5) is 23.6. The third-order valence-corrected chi connectivity index (χ3v) is 3.14. The van der Waals surface area contributed by atoms with Crippen molar-refractivity contribution in [1.82, 2.24) is 5.32 Å². The number of halogens is 2. The van der Waals surface area contributed by atoms with Gasteiger partial charge in [-0.25, -0.2) is 4.39 Å². The molecule has 108 valence electrons. The predicted octanol–water partition coefficient (Wildman–Crippen LogP) is 3.09. The van der Waals surface area contributed by atoms with Crippen LogP contribution in [0, 0.1) is 5.82 Å². The average Bonchev–Trinajstić information content (AvgIpc) is 2.48. The molecule has 0 bridgehead atoms. The van der Waals surface area contributed by atoms with E-state index in [1.807, 2.05) is 0 Å². The van der Waals surface area contributed by atoms with Crippen molar-refractivity contribution < 1.29 is 14.0 Å². The number of carbonyl (C=O) groups is 2. The first-order chi connectivity index (χ1) is 10.0. The van der Waals surface area contributed by atoms with Crippen LogP contribution < -0.4 is 10.6 Å². The van der Waals surface area contributed by atoms with Crippen LogP contribution in [0.2, 0.25) is 5.02 Å². The van der Waals surface area contributed by atoms with Gasteiger partial charge in [0.2, 0.25) is 0 Å². The van der Waals surface area contributed by atoms with Crippen molar-refractivity contribution in [3.8, 4) is 0 Å². The van der Waals surface area contributed by atoms with Crippen LogP contribution in [-0.4, -0.2) is 18.9 Å². The molecule has 0 saturated heterocycles. The molecule has 0 unspecified atom stereocenters. The molecule has 0 aliphatic carbocycles. The second-order valence-corrected chi connectivity index (χ2v) is 4.61. The summed E-state index contributed by atoms with van der Waals surface area (Å²) in [5.41, 5.74) is 0.505. The van der Waals surface area contributed by atoms with Crippen LogP contribution in [0.1, 0.15) is 20.7 Å². The first-order valence-electron chi connectivity index (χ1n) is 6.10. The van der Waals surface area contributed by atoms with E-state index in [1.165, 1.54) is 43.4 Å². The van der Waals surface area contributed by atoms with E-state index >= 15 is 0 Å². The third kappa shape index (κ3) is 3.38. The summed E-state index contributed by atoms with van der Waals surface area (Å²) in [5.74, 6) is -1.59. The molecule has 0 saturated carbocycles. The fourth-order valence-corrected chi connectivity index (χ4v) is 1.96. The maximum absolute atomic E-state index is 13.5. The van der Waals surface area contributed by atoms with Crippen molar-refractivity contribution in [2.24, 2.45) is 0 Å². The predicted molar refractivity (Wildman–Crippen MR) is 79.2 cm³/mol. The summed E-state index contributed by atoms with van der Waals surface area (Å²) < 4.78 is 13.5. The van der Waals surface area contributed by atoms with Gasteiger partial charge < -0.3 is 10.6 Å². The van der Waals surface area contributed by atoms with E-state index in [1.54, 1.807) is 6.07 Å². The minimum absolute atomic E-state index is 0.0751. The molecular formula is C15H12ClFN2O2. The van der Waals surface area contributed by atoms with Gasteiger partial charge in [-0.15, -0.1) is 0 Å². The minimum Gasteiger partial charge on any atom is -0.355 e. The van der Waals surface area contributed by atoms with Crippen LogP contribution in [0.5, 0.6) is 0 Å². The van der Waals surface area contributed by atoms with Gasteiger partial charge in [-0.3, -0.25) is 9.59 Å². The van der Waals surface area contributed by atoms with Crippen LogP contribution in [0.25, 0.3) is 0 Å². The summed E-state index contributed by atoms with van der Waals surface area (Å²) >= 11 is 5.92. The third-order valence-electron chi connectivity index (χ3n) is 2.81. The van der Waals surface area contributed by atoms with Crippen molar-refractivity contribution in [2.75, 3.05) is 12.4 Å². The SMILES string of the molecule is CNC(=O)c1cc(NC(=O)c2ccccc2F)ccc1Cl. The summed E-state index contributed by atoms with van der Waals surface area (Å²) in [6.45, 7) is 0. The van der Waals surface area contributed by atoms with E-state index < -0.39 is 11.7 Å². The maximum Gasteiger partial charge on any atom is 0.258 e. The lowest BCUT2D eigenvalue weighted by Crippen LogP contribution is -2.19. The molecule has 2 aromatic rings. The van der Waals surface area contributed by atoms with Crippen molar-refractivity contribution in [3.63, 3.8) is 0 Å². The number of amides is 2. The molecular weight excluding hydrogens is 295 g/mol. The Balaban J connectivity index is 2.26. The van der Waals surface area contributed by atoms with Crippen molar-refractivity contribution in [2.45, 2.75) is 0 Å². The van der Waals surface area contributed by atoms with E-state index in [4.69, 9.17) is 11.6 Å². The maximum atomic E-state index is 13.5. The molecule has 0 aliphatic rings. The van der Waals surface area contributed by atoms with Crippen molar-refractivity contribution in [1.29, 1.82) is 0 Å². The molecule has 21 heavy (non-hydrogen) atoms. The highest BCUT2D eigenvalue weighted by molar-refractivity contribution is 6.34. The minimum atomic E-state index is -0.615. The number of carbonyl (C=O) groups excluding carboxylic acids is 2. The van der Waals surface area contributed by atoms with Crippen LogP contribution >= 0.6 is 11.6 Å². The summed E-state index contributed by atoms with van der Waals surface area (Å²) in [6, 6.07) is 10.1. The number of hydrogen-bond donors (Lipinski definition) is 2. The second kappa shape index (κ2) is 6.37. The number of benzene rings is 2. The van der Waals surface area contributed by atoms with Crippen LogP contribution in [0.15, 0.2) is 42.5 Å². The highest BCUT2D eigenvalue weighted by atomic mass is 35.5. The lowest BCUT2D eigenvalue weighted by atomic mass is 10.1. The number of nitrogens with one attached hydrogen (secondary N) is 2. The van der Waals surface area contributed by atoms with Gasteiger partial charge in [0.15, 0.2) is 0 Å². The normalized spacial score (nSPS) is 10.0. The molecule has 2 amide bonds. The zero-order valence-electron chi connectivity index (χ0n) is 11.1. The number of rotatable bonds is 3. The summed E-state index contributed by atoms with van der Waals surface area (Å²) in [6.07, 6.45) is 0. The van der Waals surface area contributed by atoms with Gasteiger partial charge in [-0.2, -0.15) is 0 Å². The van der Waals surface area contributed by atoms with E-state index in [2.05, 4.69) is 10.6 Å². The topological polar surface area (TPSA) is 58.2 Å². The Kier molecular flexibility index (Phi) is 4.55. The largest absolute Gasteiger partial charge is 0.355 e. The monoisotopic (exact) mass is 306 g/mol. The Morgan fingerprint density at radius 2 is 1.76 bits per heavy atom. The average molecular weight is 307 g/mol. The number of anilines is 1. The van der Waals surface area contributed by atoms with Gasteiger partial charge in [0.25, 0.3) is 11.8 Å². The zero-order chi connectivity index (χ0) is 15.4. The highest BCUT2D eigenvalue weighted by Gasteiger charge is 2.13. The zero-order valence-corrected chi connectivity index (χ0v) is 11.9. The fraction of sp³-hybridized carbons (Fsp3) is 0.0667. The van der Waals surface area contributed by atoms with Gasteiger partial charge in [-0.1, -0.05) is 23.7 Å². The Hall–Kier alpha value is -2.40. The van der Waals surface area contributed by atoms with E-state index in [0.717, 1.165) is 0 Å². The molecule has 2 aromatic carbocycles. The summed E-state index contributed by atoms with van der Waals surface area (Å²) in [7, 11) is 1.48. The second-order valence-electron chi connectivity index (χ2n) is 4.21. The van der Waals surface area contributed by atoms with E-state index in [-0.39, 0.29) is 22.1 Å². The van der Waals surface area contributed by atoms with Crippen LogP contribution in [0.3, 0.4) is 0 Å². The summed E-state index contributed by atoms with van der Waals surface area (Å²) in [5, 5.41) is 5.24. The lowest BCUT2D eigenvalue weighted by molar-refractivity contribution is 0.0961. The first kappa shape index (κ1) is 15.0. The van der Waals surface area contributed by atoms with E-state index in [0.29, 0.717) is 5.69 Å². The Labute approximate surface area is 125 Å². The first-order valence-corrected chi connectivity index (χ1v) is 6.48. The molecule has 2 rings (SSSR count). The van der Waals surface area contributed by atoms with Gasteiger partial charge in [0.1, 0.15) is 5.82 Å². The smallest absolute Gasteiger partial charge is 0.258 e. The molecule has 0 aromatic heterocycles. The standard InChI is InChI=1S/C15H12ClFN2O2/c1-18-14(20)11-8-9(6-7-12(11)16)19-15(21)10-4-2-3-5-13(10)17/h2-8H,1H3,(H,18,20)(H,19,21). The van der Waals surface area contributed by atoms with Crippen molar-refractivity contribution >= 4 is 29.1 Å². The highest BCUT2D eigenvalue weighted by Crippen LogP contribution is 2.21. The lowest BCUT2D eigenvalue weighted by Gasteiger charge is -2.09. The quantitative estimate of drug-likeness (QED) is 0.915. The van der Waals surface area contributed by atoms with Gasteiger partial charge in [0.05, 0.1) is 16.1 Å². The Morgan fingerprint density at radius 1 is 1.05 bits per heavy atom. The molecule has 0 aliphatic heterocycles. The molecule has 6 heteroatoms. The molecule has 0 fully saturated rings. The molecule has 0 atom stereocenters. The molecule has 0 radical (unpaired) electrons. The van der Waals surface area contributed by atoms with Gasteiger partial charge in [-0.05, 0) is 30.3 Å². The van der Waals surface area contributed by atoms with Gasteiger partial charge in [0, 0.05) is 12.7 Å². The van der Waals surface area contributed by atoms with Crippen LogP contribution in [0.4, 0.5) is 10.1 Å². The Morgan fingerprint density at radius 3 is 2.43 bits per heavy atom. The molecule has 2 N–H and O–H groups in total. The van der Waals surface area contributed by atoms with Crippen molar-refractivity contribution in [3.05, 3.63) is 64.4 Å².